The van der Waals surface area contributed by atoms with Crippen molar-refractivity contribution in [1.82, 2.24) is 25.0 Å². The number of fused-ring (bicyclic) bond motifs is 5. The van der Waals surface area contributed by atoms with Crippen LogP contribution in [0.2, 0.25) is 0 Å². The van der Waals surface area contributed by atoms with E-state index in [2.05, 4.69) is 57.8 Å². The minimum Gasteiger partial charge on any atom is -0.371 e. The van der Waals surface area contributed by atoms with Gasteiger partial charge < -0.3 is 14.8 Å². The second-order valence-electron chi connectivity index (χ2n) is 17.3. The minimum absolute atomic E-state index is 0.0346. The molecule has 9 rings (SSSR count). The van der Waals surface area contributed by atoms with Crippen LogP contribution in [0.25, 0.3) is 15.7 Å². The smallest absolute Gasteiger partial charge is 0.262 e. The van der Waals surface area contributed by atoms with Gasteiger partial charge in [-0.15, -0.1) is 0 Å². The summed E-state index contributed by atoms with van der Waals surface area (Å²) < 4.78 is 0. The van der Waals surface area contributed by atoms with Gasteiger partial charge >= 0.3 is 0 Å². The predicted octanol–water partition coefficient (Wildman–Crippen LogP) is 5.69. The van der Waals surface area contributed by atoms with Crippen molar-refractivity contribution < 1.29 is 28.8 Å². The molecule has 2 N–H and O–H groups in total. The summed E-state index contributed by atoms with van der Waals surface area (Å²) in [7, 11) is 0. The summed E-state index contributed by atoms with van der Waals surface area (Å²) in [5.74, 6) is -1.98. The molecule has 5 aliphatic rings. The lowest BCUT2D eigenvalue weighted by molar-refractivity contribution is -0.136. The molecule has 5 heterocycles. The van der Waals surface area contributed by atoms with E-state index in [1.165, 1.54) is 11.3 Å². The third kappa shape index (κ3) is 6.48. The first kappa shape index (κ1) is 39.3. The molecular formula is C47H49N7O6. The van der Waals surface area contributed by atoms with Gasteiger partial charge in [0.05, 0.1) is 23.3 Å². The fourth-order valence-electron chi connectivity index (χ4n) is 10.3. The summed E-state index contributed by atoms with van der Waals surface area (Å²) in [5, 5.41) is 3.10. The van der Waals surface area contributed by atoms with E-state index in [1.54, 1.807) is 24.3 Å². The van der Waals surface area contributed by atoms with Gasteiger partial charge in [-0.25, -0.2) is 4.85 Å². The Kier molecular flexibility index (Phi) is 9.94. The van der Waals surface area contributed by atoms with Crippen LogP contribution in [-0.2, 0) is 32.6 Å². The van der Waals surface area contributed by atoms with Gasteiger partial charge in [0.15, 0.2) is 11.5 Å². The van der Waals surface area contributed by atoms with E-state index >= 15 is 0 Å². The second kappa shape index (κ2) is 15.2. The molecule has 1 aromatic heterocycles. The van der Waals surface area contributed by atoms with Crippen molar-refractivity contribution >= 4 is 57.6 Å². The Morgan fingerprint density at radius 1 is 0.867 bits per heavy atom. The molecule has 3 saturated heterocycles. The Morgan fingerprint density at radius 3 is 2.35 bits per heavy atom. The molecule has 0 radical (unpaired) electrons. The van der Waals surface area contributed by atoms with Crippen LogP contribution in [0, 0.1) is 6.57 Å². The van der Waals surface area contributed by atoms with Crippen LogP contribution in [0.1, 0.15) is 118 Å². The summed E-state index contributed by atoms with van der Waals surface area (Å²) in [6.45, 7) is 18.7. The number of hydrogen-bond donors (Lipinski definition) is 2. The lowest BCUT2D eigenvalue weighted by atomic mass is 9.70. The van der Waals surface area contributed by atoms with Gasteiger partial charge in [0.2, 0.25) is 17.7 Å². The van der Waals surface area contributed by atoms with Gasteiger partial charge in [-0.05, 0) is 79.5 Å². The standard InChI is InChI=1S/C47H49N7O6/c1-5-27-24-33-34(47(2,3)43-41(42(33)57)31-13-12-29(48-4)25-35(31)49-43)26-37(27)52-18-16-30(17-19-52)51-20-22-53(23-21-51)39(56)11-7-9-28-8-6-10-32-40(28)46(60)54(45(32)59)36-14-15-38(55)50-44(36)58/h6,8,10,12-13,24-26,30,36,49H,5,7,9,11,14-23H2,1-3H3,(H,50,55,58). The lowest BCUT2D eigenvalue weighted by Gasteiger charge is -2.44. The van der Waals surface area contributed by atoms with Crippen molar-refractivity contribution in [3.8, 4) is 0 Å². The topological polar surface area (TPSA) is 148 Å². The maximum Gasteiger partial charge on any atom is 0.262 e. The highest BCUT2D eigenvalue weighted by molar-refractivity contribution is 6.24. The van der Waals surface area contributed by atoms with E-state index in [0.717, 1.165) is 78.1 Å². The van der Waals surface area contributed by atoms with Crippen molar-refractivity contribution in [3.05, 3.63) is 105 Å². The summed E-state index contributed by atoms with van der Waals surface area (Å²) in [6.07, 6.45) is 4.30. The number of amides is 5. The number of ketones is 1. The van der Waals surface area contributed by atoms with Gasteiger partial charge in [-0.1, -0.05) is 45.0 Å². The van der Waals surface area contributed by atoms with Crippen LogP contribution in [-0.4, -0.2) is 106 Å². The number of piperazine rings is 1. The Labute approximate surface area is 348 Å². The number of aryl methyl sites for hydroxylation is 2. The fourth-order valence-corrected chi connectivity index (χ4v) is 10.3. The van der Waals surface area contributed by atoms with E-state index < -0.39 is 35.1 Å². The summed E-state index contributed by atoms with van der Waals surface area (Å²) >= 11 is 0. The molecule has 0 spiro atoms. The molecule has 4 aliphatic heterocycles. The number of benzene rings is 3. The first-order valence-corrected chi connectivity index (χ1v) is 21.3. The molecular weight excluding hydrogens is 759 g/mol. The second-order valence-corrected chi connectivity index (χ2v) is 17.3. The highest BCUT2D eigenvalue weighted by atomic mass is 16.2. The Balaban J connectivity index is 0.793. The zero-order chi connectivity index (χ0) is 42.0. The van der Waals surface area contributed by atoms with E-state index in [-0.39, 0.29) is 35.7 Å². The minimum atomic E-state index is -1.02. The molecule has 13 heteroatoms. The van der Waals surface area contributed by atoms with Gasteiger partial charge in [-0.2, -0.15) is 0 Å². The average molecular weight is 808 g/mol. The fraction of sp³-hybridized carbons (Fsp3) is 0.426. The summed E-state index contributed by atoms with van der Waals surface area (Å²) in [4.78, 5) is 93.4. The number of carbonyl (C=O) groups excluding carboxylic acids is 6. The molecule has 1 aliphatic carbocycles. The van der Waals surface area contributed by atoms with Gasteiger partial charge in [0, 0.05) is 91.4 Å². The molecule has 308 valence electrons. The number of rotatable bonds is 8. The normalized spacial score (nSPS) is 20.6. The van der Waals surface area contributed by atoms with Crippen LogP contribution in [0.3, 0.4) is 0 Å². The molecule has 3 fully saturated rings. The number of carbonyl (C=O) groups is 6. The SMILES string of the molecule is [C-]#[N+]c1ccc2c3c([nH]c2c1)C(C)(C)c1cc(N2CCC(N4CCN(C(=O)CCCc5cccc6c5C(=O)N(C5CCC(=O)NC5=O)C6=O)CC4)CC2)c(CC)cc1C3=O. The zero-order valence-corrected chi connectivity index (χ0v) is 34.4. The summed E-state index contributed by atoms with van der Waals surface area (Å²) in [6, 6.07) is 14.4. The van der Waals surface area contributed by atoms with Crippen molar-refractivity contribution in [2.75, 3.05) is 44.2 Å². The van der Waals surface area contributed by atoms with E-state index in [4.69, 9.17) is 6.57 Å². The first-order valence-electron chi connectivity index (χ1n) is 21.3. The van der Waals surface area contributed by atoms with Crippen molar-refractivity contribution in [1.29, 1.82) is 0 Å². The van der Waals surface area contributed by atoms with Crippen LogP contribution in [0.4, 0.5) is 11.4 Å². The van der Waals surface area contributed by atoms with Crippen LogP contribution >= 0.6 is 0 Å². The maximum atomic E-state index is 14.1. The third-order valence-electron chi connectivity index (χ3n) is 13.7. The molecule has 13 nitrogen and oxygen atoms in total. The number of aromatic amines is 1. The average Bonchev–Trinajstić information content (AvgIpc) is 3.77. The molecule has 0 saturated carbocycles. The molecule has 1 unspecified atom stereocenters. The number of hydrogen-bond acceptors (Lipinski definition) is 8. The largest absolute Gasteiger partial charge is 0.371 e. The van der Waals surface area contributed by atoms with Crippen LogP contribution in [0.5, 0.6) is 0 Å². The number of nitrogens with one attached hydrogen (secondary N) is 2. The molecule has 5 amide bonds. The highest BCUT2D eigenvalue weighted by Gasteiger charge is 2.46. The number of nitrogens with zero attached hydrogens (tertiary/aromatic N) is 5. The van der Waals surface area contributed by atoms with E-state index in [1.807, 2.05) is 17.0 Å². The van der Waals surface area contributed by atoms with Gasteiger partial charge in [-0.3, -0.25) is 43.9 Å². The number of aromatic nitrogens is 1. The van der Waals surface area contributed by atoms with Crippen molar-refractivity contribution in [2.45, 2.75) is 89.6 Å². The van der Waals surface area contributed by atoms with E-state index in [0.29, 0.717) is 55.2 Å². The number of imide groups is 2. The van der Waals surface area contributed by atoms with Crippen LogP contribution in [0.15, 0.2) is 48.5 Å². The maximum absolute atomic E-state index is 14.1. The summed E-state index contributed by atoms with van der Waals surface area (Å²) in [5.41, 5.74) is 7.93. The quantitative estimate of drug-likeness (QED) is 0.171. The lowest BCUT2D eigenvalue weighted by Crippen LogP contribution is -2.54. The molecule has 60 heavy (non-hydrogen) atoms. The van der Waals surface area contributed by atoms with Gasteiger partial charge in [0.25, 0.3) is 11.8 Å². The molecule has 1 atom stereocenters. The monoisotopic (exact) mass is 807 g/mol. The highest BCUT2D eigenvalue weighted by Crippen LogP contribution is 2.46. The number of H-pyrrole nitrogens is 1. The number of piperidine rings is 2. The number of anilines is 1. The van der Waals surface area contributed by atoms with Gasteiger partial charge in [0.1, 0.15) is 6.04 Å². The van der Waals surface area contributed by atoms with E-state index in [9.17, 15) is 28.8 Å². The zero-order valence-electron chi connectivity index (χ0n) is 34.4. The first-order chi connectivity index (χ1) is 28.9. The molecule has 0 bridgehead atoms. The third-order valence-corrected chi connectivity index (χ3v) is 13.7. The predicted molar refractivity (Wildman–Crippen MR) is 225 cm³/mol. The Bertz CT molecular complexity index is 2550. The van der Waals surface area contributed by atoms with Crippen molar-refractivity contribution in [3.63, 3.8) is 0 Å². The molecule has 3 aromatic carbocycles. The Morgan fingerprint density at radius 2 is 1.63 bits per heavy atom. The Hall–Kier alpha value is -6.13. The molecule has 4 aromatic rings. The van der Waals surface area contributed by atoms with Crippen LogP contribution < -0.4 is 10.2 Å². The van der Waals surface area contributed by atoms with Crippen molar-refractivity contribution in [2.24, 2.45) is 0 Å².